The van der Waals surface area contributed by atoms with Gasteiger partial charge < -0.3 is 24.5 Å². The highest BCUT2D eigenvalue weighted by Crippen LogP contribution is 2.52. The number of hydrogen-bond donors (Lipinski definition) is 1. The van der Waals surface area contributed by atoms with Crippen molar-refractivity contribution in [1.29, 1.82) is 0 Å². The van der Waals surface area contributed by atoms with Crippen LogP contribution in [0.25, 0.3) is 0 Å². The minimum absolute atomic E-state index is 0.0570. The number of halogens is 1. The molecule has 4 rings (SSSR count). The molecule has 10 radical (unpaired) electrons. The van der Waals surface area contributed by atoms with E-state index in [0.717, 1.165) is 4.90 Å². The minimum atomic E-state index is -2.61. The first-order valence-electron chi connectivity index (χ1n) is 12.6. The maximum atomic E-state index is 15.3. The molecule has 2 aliphatic rings. The van der Waals surface area contributed by atoms with Crippen molar-refractivity contribution in [2.24, 2.45) is 0 Å². The van der Waals surface area contributed by atoms with Gasteiger partial charge in [-0.3, -0.25) is 14.5 Å². The van der Waals surface area contributed by atoms with Crippen molar-refractivity contribution in [3.8, 4) is 5.75 Å². The second-order valence-electron chi connectivity index (χ2n) is 10.0. The summed E-state index contributed by atoms with van der Waals surface area (Å²) in [7, 11) is 31.6. The summed E-state index contributed by atoms with van der Waals surface area (Å²) in [6, 6.07) is 9.77. The monoisotopic (exact) mass is 533 g/mol. The molecule has 2 amide bonds. The lowest BCUT2D eigenvalue weighted by molar-refractivity contribution is -0.128. The molecule has 2 heterocycles. The van der Waals surface area contributed by atoms with Gasteiger partial charge in [0.2, 0.25) is 5.91 Å². The molecule has 2 aromatic carbocycles. The van der Waals surface area contributed by atoms with E-state index in [-0.39, 0.29) is 36.6 Å². The number of fused-ring (bicyclic) bond motifs is 1. The van der Waals surface area contributed by atoms with Gasteiger partial charge in [-0.2, -0.15) is 0 Å². The van der Waals surface area contributed by atoms with Crippen LogP contribution >= 0.6 is 0 Å². The van der Waals surface area contributed by atoms with Crippen LogP contribution in [0.3, 0.4) is 0 Å². The number of likely N-dealkylation sites (N-methyl/N-ethyl adjacent to an activating group) is 1. The van der Waals surface area contributed by atoms with E-state index >= 15 is 4.39 Å². The molecule has 40 heavy (non-hydrogen) atoms. The summed E-state index contributed by atoms with van der Waals surface area (Å²) < 4.78 is 26.7. The first-order chi connectivity index (χ1) is 18.9. The van der Waals surface area contributed by atoms with Crippen molar-refractivity contribution < 1.29 is 28.2 Å². The highest BCUT2D eigenvalue weighted by Gasteiger charge is 2.58. The van der Waals surface area contributed by atoms with E-state index in [1.807, 2.05) is 0 Å². The zero-order valence-electron chi connectivity index (χ0n) is 22.2. The van der Waals surface area contributed by atoms with Crippen LogP contribution in [0, 0.1) is 5.82 Å². The van der Waals surface area contributed by atoms with Crippen molar-refractivity contribution >= 4 is 57.3 Å². The maximum Gasteiger partial charge on any atom is 0.254 e. The Bertz CT molecular complexity index is 1310. The molecular formula is C26H25B5FN3O5. The van der Waals surface area contributed by atoms with Gasteiger partial charge in [0.15, 0.2) is 0 Å². The second-order valence-corrected chi connectivity index (χ2v) is 10.0. The number of morpholine rings is 1. The molecule has 0 aliphatic carbocycles. The number of rotatable bonds is 10. The van der Waals surface area contributed by atoms with Crippen LogP contribution in [0.1, 0.15) is 27.0 Å². The number of hydrogen-bond acceptors (Lipinski definition) is 6. The molecule has 2 aliphatic heterocycles. The maximum absolute atomic E-state index is 15.3. The Kier molecular flexibility index (Phi) is 8.61. The number of nitrogens with zero attached hydrogens (tertiary/aromatic N) is 2. The number of benzene rings is 2. The summed E-state index contributed by atoms with van der Waals surface area (Å²) in [4.78, 5) is 41.2. The Morgan fingerprint density at radius 2 is 1.75 bits per heavy atom. The van der Waals surface area contributed by atoms with E-state index in [2.05, 4.69) is 10.2 Å². The Labute approximate surface area is 239 Å². The smallest absolute Gasteiger partial charge is 0.254 e. The number of amides is 2. The summed E-state index contributed by atoms with van der Waals surface area (Å²) in [6.07, 6.45) is 0.0570. The molecule has 8 nitrogen and oxygen atoms in total. The van der Waals surface area contributed by atoms with Crippen molar-refractivity contribution in [3.63, 3.8) is 0 Å². The molecule has 1 atom stereocenters. The van der Waals surface area contributed by atoms with E-state index in [9.17, 15) is 14.4 Å². The lowest BCUT2D eigenvalue weighted by Crippen LogP contribution is -2.69. The average Bonchev–Trinajstić information content (AvgIpc) is 3.30. The first-order valence-corrected chi connectivity index (χ1v) is 12.6. The van der Waals surface area contributed by atoms with E-state index in [0.29, 0.717) is 49.5 Å². The third kappa shape index (κ3) is 5.12. The van der Waals surface area contributed by atoms with E-state index in [1.165, 1.54) is 13.1 Å². The molecule has 0 aromatic heterocycles. The third-order valence-corrected chi connectivity index (χ3v) is 7.51. The van der Waals surface area contributed by atoms with E-state index in [1.54, 1.807) is 30.3 Å². The lowest BCUT2D eigenvalue weighted by atomic mass is 9.23. The topological polar surface area (TPSA) is 88.2 Å². The Balaban J connectivity index is 1.60. The summed E-state index contributed by atoms with van der Waals surface area (Å²) >= 11 is 0. The molecule has 1 unspecified atom stereocenters. The molecule has 1 N–H and O–H groups in total. The molecule has 1 fully saturated rings. The number of carbonyl (C=O) groups excluding carboxylic acids is 3. The van der Waals surface area contributed by atoms with E-state index in [4.69, 9.17) is 48.7 Å². The molecule has 2 aromatic rings. The van der Waals surface area contributed by atoms with Crippen molar-refractivity contribution in [2.75, 3.05) is 33.4 Å². The van der Waals surface area contributed by atoms with Gasteiger partial charge >= 0.3 is 0 Å². The molecular weight excluding hydrogens is 507 g/mol. The van der Waals surface area contributed by atoms with Gasteiger partial charge in [-0.15, -0.1) is 0 Å². The van der Waals surface area contributed by atoms with Crippen molar-refractivity contribution in [3.05, 3.63) is 64.5 Å². The molecule has 1 saturated heterocycles. The summed E-state index contributed by atoms with van der Waals surface area (Å²) in [5.74, 6) is -1.84. The fourth-order valence-electron chi connectivity index (χ4n) is 4.90. The summed E-state index contributed by atoms with van der Waals surface area (Å²) in [6.45, 7) is 2.67. The van der Waals surface area contributed by atoms with E-state index < -0.39 is 27.7 Å². The second kappa shape index (κ2) is 11.5. The number of nitrogens with one attached hydrogen (secondary N) is 1. The molecule has 0 bridgehead atoms. The van der Waals surface area contributed by atoms with Gasteiger partial charge in [-0.1, -0.05) is 34.7 Å². The quantitative estimate of drug-likeness (QED) is 0.340. The summed E-state index contributed by atoms with van der Waals surface area (Å²) in [5, 5.41) is -2.79. The van der Waals surface area contributed by atoms with Gasteiger partial charge in [0.1, 0.15) is 32.3 Å². The zero-order valence-corrected chi connectivity index (χ0v) is 22.2. The summed E-state index contributed by atoms with van der Waals surface area (Å²) in [5.41, 5.74) is -1.19. The number of aldehydes is 1. The third-order valence-electron chi connectivity index (χ3n) is 7.51. The van der Waals surface area contributed by atoms with Crippen LogP contribution in [0.2, 0.25) is 10.4 Å². The van der Waals surface area contributed by atoms with Crippen LogP contribution in [-0.4, -0.2) is 106 Å². The predicted octanol–water partition coefficient (Wildman–Crippen LogP) is -0.0912. The van der Waals surface area contributed by atoms with Crippen LogP contribution < -0.4 is 10.1 Å². The SMILES string of the molecule is [B]C([B])(C=O)C([B])([B])C([B])(C(=O)NC)N1Cc2c(OCc3cccc(CN4CCOCC4)c3F)cccc2C1=O. The Hall–Kier alpha value is -2.98. The van der Waals surface area contributed by atoms with Gasteiger partial charge in [0, 0.05) is 48.9 Å². The number of carbonyl (C=O) groups is 3. The van der Waals surface area contributed by atoms with Crippen LogP contribution in [-0.2, 0) is 34.0 Å². The van der Waals surface area contributed by atoms with Crippen LogP contribution in [0.15, 0.2) is 36.4 Å². The fraction of sp³-hybridized carbons (Fsp3) is 0.423. The van der Waals surface area contributed by atoms with Gasteiger partial charge in [0.05, 0.1) is 56.6 Å². The van der Waals surface area contributed by atoms with Gasteiger partial charge in [-0.25, -0.2) is 4.39 Å². The minimum Gasteiger partial charge on any atom is -0.488 e. The molecule has 196 valence electrons. The molecule has 0 saturated carbocycles. The first kappa shape index (κ1) is 30.0. The van der Waals surface area contributed by atoms with Crippen molar-refractivity contribution in [2.45, 2.75) is 35.6 Å². The Morgan fingerprint density at radius 1 is 1.10 bits per heavy atom. The van der Waals surface area contributed by atoms with Gasteiger partial charge in [-0.05, 0) is 12.1 Å². The molecule has 0 spiro atoms. The van der Waals surface area contributed by atoms with Gasteiger partial charge in [0.25, 0.3) is 5.91 Å². The zero-order chi connectivity index (χ0) is 29.3. The highest BCUT2D eigenvalue weighted by atomic mass is 19.1. The normalized spacial score (nSPS) is 17.6. The largest absolute Gasteiger partial charge is 0.488 e. The fourth-order valence-corrected chi connectivity index (χ4v) is 4.90. The number of ether oxygens (including phenoxy) is 2. The predicted molar refractivity (Wildman–Crippen MR) is 150 cm³/mol. The highest BCUT2D eigenvalue weighted by molar-refractivity contribution is 6.63. The van der Waals surface area contributed by atoms with Crippen LogP contribution in [0.4, 0.5) is 4.39 Å². The van der Waals surface area contributed by atoms with Crippen LogP contribution in [0.5, 0.6) is 5.75 Å². The standard InChI is InChI=1S/C26H25B5FN3O5/c1-33-23(38)25(29,26(30,31)24(27,28)15-36)35-13-19-18(22(35)37)6-3-7-20(19)40-14-17-5-2-4-16(21(17)32)12-34-8-10-39-11-9-34/h2-7,15H,8-14H2,1H3,(H,33,38). The Morgan fingerprint density at radius 3 is 2.40 bits per heavy atom. The lowest BCUT2D eigenvalue weighted by Gasteiger charge is -2.56. The van der Waals surface area contributed by atoms with Crippen molar-refractivity contribution in [1.82, 2.24) is 15.1 Å². The molecule has 14 heteroatoms. The average molecular weight is 533 g/mol.